The molecule has 2 aromatic carbocycles. The molecule has 1 aliphatic rings. The average Bonchev–Trinajstić information content (AvgIpc) is 3.16. The fourth-order valence-electron chi connectivity index (χ4n) is 3.50. The van der Waals surface area contributed by atoms with Gasteiger partial charge in [-0.05, 0) is 73.4 Å². The van der Waals surface area contributed by atoms with Gasteiger partial charge in [-0.3, -0.25) is 0 Å². The van der Waals surface area contributed by atoms with E-state index in [4.69, 9.17) is 9.84 Å². The van der Waals surface area contributed by atoms with E-state index in [2.05, 4.69) is 37.9 Å². The Balaban J connectivity index is 1.68. The molecule has 0 bridgehead atoms. The number of H-pyrrole nitrogens is 1. The van der Waals surface area contributed by atoms with Gasteiger partial charge in [0.2, 0.25) is 0 Å². The molecule has 0 amide bonds. The third-order valence-corrected chi connectivity index (χ3v) is 5.20. The van der Waals surface area contributed by atoms with Gasteiger partial charge in [-0.15, -0.1) is 0 Å². The van der Waals surface area contributed by atoms with E-state index in [1.54, 1.807) is 12.1 Å². The summed E-state index contributed by atoms with van der Waals surface area (Å²) in [4.78, 5) is 14.4. The predicted molar refractivity (Wildman–Crippen MR) is 107 cm³/mol. The fourth-order valence-corrected chi connectivity index (χ4v) is 3.50. The molecule has 0 aliphatic carbocycles. The number of rotatable bonds is 3. The molecule has 3 aromatic rings. The van der Waals surface area contributed by atoms with Crippen molar-refractivity contribution < 1.29 is 14.6 Å². The van der Waals surface area contributed by atoms with Gasteiger partial charge in [-0.2, -0.15) is 0 Å². The van der Waals surface area contributed by atoms with E-state index >= 15 is 0 Å². The van der Waals surface area contributed by atoms with E-state index < -0.39 is 5.97 Å². The van der Waals surface area contributed by atoms with Gasteiger partial charge in [-0.1, -0.05) is 18.2 Å². The van der Waals surface area contributed by atoms with Crippen molar-refractivity contribution in [1.82, 2.24) is 4.98 Å². The maximum absolute atomic E-state index is 11.0. The second-order valence-electron chi connectivity index (χ2n) is 7.00. The number of hydrogen-bond donors (Lipinski definition) is 2. The van der Waals surface area contributed by atoms with Crippen LogP contribution in [0.4, 0.5) is 0 Å². The number of benzene rings is 2. The monoisotopic (exact) mass is 359 g/mol. The SMILES string of the molecule is Cc1cc(C)c2c(c1C)OCC(c1ccc(-c3ccc(C(=O)O)cc3)[nH]1)=C2. The van der Waals surface area contributed by atoms with Gasteiger partial charge in [0.05, 0.1) is 5.56 Å². The maximum atomic E-state index is 11.0. The first kappa shape index (κ1) is 17.2. The van der Waals surface area contributed by atoms with Crippen LogP contribution in [-0.4, -0.2) is 22.7 Å². The molecule has 0 fully saturated rings. The van der Waals surface area contributed by atoms with Crippen molar-refractivity contribution in [2.24, 2.45) is 0 Å². The third kappa shape index (κ3) is 3.04. The number of nitrogens with one attached hydrogen (secondary N) is 1. The number of aromatic amines is 1. The van der Waals surface area contributed by atoms with Crippen molar-refractivity contribution in [2.45, 2.75) is 20.8 Å². The number of carboxylic acids is 1. The molecule has 2 N–H and O–H groups in total. The number of carbonyl (C=O) groups is 1. The zero-order valence-corrected chi connectivity index (χ0v) is 15.6. The Morgan fingerprint density at radius 1 is 1.00 bits per heavy atom. The van der Waals surface area contributed by atoms with Gasteiger partial charge in [0, 0.05) is 22.5 Å². The van der Waals surface area contributed by atoms with Crippen molar-refractivity contribution in [3.05, 3.63) is 76.0 Å². The molecular formula is C23H21NO3. The molecule has 0 radical (unpaired) electrons. The Kier molecular flexibility index (Phi) is 4.11. The quantitative estimate of drug-likeness (QED) is 0.672. The molecule has 0 atom stereocenters. The summed E-state index contributed by atoms with van der Waals surface area (Å²) in [6, 6.07) is 13.1. The highest BCUT2D eigenvalue weighted by Gasteiger charge is 2.19. The summed E-state index contributed by atoms with van der Waals surface area (Å²) < 4.78 is 6.09. The van der Waals surface area contributed by atoms with Crippen molar-refractivity contribution in [2.75, 3.05) is 6.61 Å². The van der Waals surface area contributed by atoms with Crippen LogP contribution in [-0.2, 0) is 0 Å². The van der Waals surface area contributed by atoms with Gasteiger partial charge in [0.1, 0.15) is 12.4 Å². The van der Waals surface area contributed by atoms with Gasteiger partial charge < -0.3 is 14.8 Å². The minimum atomic E-state index is -0.919. The number of aromatic nitrogens is 1. The summed E-state index contributed by atoms with van der Waals surface area (Å²) in [5.41, 5.74) is 9.08. The number of hydrogen-bond acceptors (Lipinski definition) is 2. The highest BCUT2D eigenvalue weighted by Crippen LogP contribution is 2.37. The van der Waals surface area contributed by atoms with Gasteiger partial charge in [0.25, 0.3) is 0 Å². The first-order valence-corrected chi connectivity index (χ1v) is 8.91. The minimum Gasteiger partial charge on any atom is -0.488 e. The molecule has 0 unspecified atom stereocenters. The number of ether oxygens (including phenoxy) is 1. The predicted octanol–water partition coefficient (Wildman–Crippen LogP) is 5.24. The molecule has 0 saturated carbocycles. The van der Waals surface area contributed by atoms with E-state index in [1.165, 1.54) is 16.7 Å². The second kappa shape index (κ2) is 6.47. The van der Waals surface area contributed by atoms with Crippen LogP contribution in [0.2, 0.25) is 0 Å². The van der Waals surface area contributed by atoms with E-state index in [0.29, 0.717) is 6.61 Å². The third-order valence-electron chi connectivity index (χ3n) is 5.20. The molecule has 4 rings (SSSR count). The normalized spacial score (nSPS) is 12.9. The van der Waals surface area contributed by atoms with Gasteiger partial charge >= 0.3 is 5.97 Å². The van der Waals surface area contributed by atoms with Crippen LogP contribution in [0.15, 0.2) is 42.5 Å². The number of aromatic carboxylic acids is 1. The zero-order chi connectivity index (χ0) is 19.1. The van der Waals surface area contributed by atoms with Crippen molar-refractivity contribution in [1.29, 1.82) is 0 Å². The first-order chi connectivity index (χ1) is 12.9. The molecule has 0 saturated heterocycles. The Morgan fingerprint density at radius 3 is 2.41 bits per heavy atom. The lowest BCUT2D eigenvalue weighted by Crippen LogP contribution is -2.10. The molecule has 4 nitrogen and oxygen atoms in total. The van der Waals surface area contributed by atoms with E-state index in [1.807, 2.05) is 24.3 Å². The summed E-state index contributed by atoms with van der Waals surface area (Å²) in [5.74, 6) is 0.0603. The Bertz CT molecular complexity index is 1070. The molecular weight excluding hydrogens is 338 g/mol. The molecule has 1 aromatic heterocycles. The van der Waals surface area contributed by atoms with Gasteiger partial charge in [0.15, 0.2) is 0 Å². The van der Waals surface area contributed by atoms with Crippen LogP contribution in [0.5, 0.6) is 5.75 Å². The molecule has 136 valence electrons. The Morgan fingerprint density at radius 2 is 1.70 bits per heavy atom. The lowest BCUT2D eigenvalue weighted by Gasteiger charge is -2.22. The second-order valence-corrected chi connectivity index (χ2v) is 7.00. The Hall–Kier alpha value is -3.27. The van der Waals surface area contributed by atoms with Crippen LogP contribution in [0, 0.1) is 20.8 Å². The van der Waals surface area contributed by atoms with Crippen LogP contribution in [0.1, 0.15) is 38.3 Å². The summed E-state index contributed by atoms with van der Waals surface area (Å²) in [5, 5.41) is 9.03. The summed E-state index contributed by atoms with van der Waals surface area (Å²) in [7, 11) is 0. The van der Waals surface area contributed by atoms with Crippen molar-refractivity contribution in [3.8, 4) is 17.0 Å². The minimum absolute atomic E-state index is 0.284. The molecule has 2 heterocycles. The van der Waals surface area contributed by atoms with Crippen molar-refractivity contribution in [3.63, 3.8) is 0 Å². The van der Waals surface area contributed by atoms with Crippen molar-refractivity contribution >= 4 is 17.6 Å². The smallest absolute Gasteiger partial charge is 0.335 e. The van der Waals surface area contributed by atoms with E-state index in [9.17, 15) is 4.79 Å². The number of carboxylic acid groups (broad SMARTS) is 1. The van der Waals surface area contributed by atoms with E-state index in [0.717, 1.165) is 33.8 Å². The van der Waals surface area contributed by atoms with Gasteiger partial charge in [-0.25, -0.2) is 4.79 Å². The molecule has 4 heteroatoms. The molecule has 0 spiro atoms. The highest BCUT2D eigenvalue weighted by molar-refractivity contribution is 5.89. The highest BCUT2D eigenvalue weighted by atomic mass is 16.5. The van der Waals surface area contributed by atoms with Crippen LogP contribution < -0.4 is 4.74 Å². The zero-order valence-electron chi connectivity index (χ0n) is 15.6. The fraction of sp³-hybridized carbons (Fsp3) is 0.174. The average molecular weight is 359 g/mol. The molecule has 1 aliphatic heterocycles. The number of fused-ring (bicyclic) bond motifs is 1. The summed E-state index contributed by atoms with van der Waals surface area (Å²) in [6.45, 7) is 6.84. The van der Waals surface area contributed by atoms with Crippen LogP contribution >= 0.6 is 0 Å². The molecule has 27 heavy (non-hydrogen) atoms. The lowest BCUT2D eigenvalue weighted by atomic mass is 9.95. The van der Waals surface area contributed by atoms with E-state index in [-0.39, 0.29) is 5.56 Å². The standard InChI is InChI=1S/C23H21NO3/c1-13-10-14(2)19-11-18(12-27-22(19)15(13)3)21-9-8-20(24-21)16-4-6-17(7-5-16)23(25)26/h4-11,24H,12H2,1-3H3,(H,25,26). The Labute approximate surface area is 158 Å². The first-order valence-electron chi connectivity index (χ1n) is 8.91. The summed E-state index contributed by atoms with van der Waals surface area (Å²) in [6.07, 6.45) is 2.20. The summed E-state index contributed by atoms with van der Waals surface area (Å²) >= 11 is 0. The topological polar surface area (TPSA) is 62.3 Å². The van der Waals surface area contributed by atoms with Crippen LogP contribution in [0.25, 0.3) is 22.9 Å². The lowest BCUT2D eigenvalue weighted by molar-refractivity contribution is 0.0697. The largest absolute Gasteiger partial charge is 0.488 e. The van der Waals surface area contributed by atoms with Crippen LogP contribution in [0.3, 0.4) is 0 Å². The maximum Gasteiger partial charge on any atom is 0.335 e. The number of aryl methyl sites for hydroxylation is 2.